The standard InChI is InChI=1S/C15H15N7O2/c1-21-7-8(6-17-21)12-19-13-9-4-3-5-10(14(23)24-2)11(9)18-15(16)22(13)20-12/h3-5,7,17H,6H2,1-2H3,(H2,16,18). The van der Waals surface area contributed by atoms with Crippen LogP contribution in [0.5, 0.6) is 0 Å². The molecule has 3 N–H and O–H groups in total. The lowest BCUT2D eigenvalue weighted by Crippen LogP contribution is -2.23. The Hall–Kier alpha value is -3.20. The molecule has 0 spiro atoms. The third-order valence-electron chi connectivity index (χ3n) is 3.89. The molecule has 0 radical (unpaired) electrons. The summed E-state index contributed by atoms with van der Waals surface area (Å²) in [4.78, 5) is 20.9. The van der Waals surface area contributed by atoms with E-state index in [1.165, 1.54) is 11.6 Å². The number of anilines is 1. The van der Waals surface area contributed by atoms with Crippen LogP contribution in [-0.4, -0.2) is 51.3 Å². The van der Waals surface area contributed by atoms with Crippen LogP contribution in [0.25, 0.3) is 22.1 Å². The summed E-state index contributed by atoms with van der Waals surface area (Å²) in [6.07, 6.45) is 1.92. The van der Waals surface area contributed by atoms with E-state index < -0.39 is 5.97 Å². The third kappa shape index (κ3) is 2.06. The van der Waals surface area contributed by atoms with Crippen molar-refractivity contribution in [2.45, 2.75) is 0 Å². The first-order valence-corrected chi connectivity index (χ1v) is 7.29. The van der Waals surface area contributed by atoms with Gasteiger partial charge in [-0.15, -0.1) is 5.10 Å². The van der Waals surface area contributed by atoms with Crippen LogP contribution in [0.3, 0.4) is 0 Å². The molecule has 0 atom stereocenters. The number of carbonyl (C=O) groups is 1. The van der Waals surface area contributed by atoms with Gasteiger partial charge in [0.15, 0.2) is 11.5 Å². The maximum absolute atomic E-state index is 12.0. The van der Waals surface area contributed by atoms with Crippen LogP contribution < -0.4 is 11.2 Å². The summed E-state index contributed by atoms with van der Waals surface area (Å²) in [7, 11) is 3.23. The fourth-order valence-electron chi connectivity index (χ4n) is 2.73. The van der Waals surface area contributed by atoms with E-state index in [-0.39, 0.29) is 5.95 Å². The summed E-state index contributed by atoms with van der Waals surface area (Å²) in [5, 5.41) is 6.97. The average Bonchev–Trinajstić information content (AvgIpc) is 3.20. The lowest BCUT2D eigenvalue weighted by molar-refractivity contribution is 0.0603. The summed E-state index contributed by atoms with van der Waals surface area (Å²) in [5.74, 6) is 0.254. The molecule has 1 aliphatic heterocycles. The lowest BCUT2D eigenvalue weighted by atomic mass is 10.1. The second-order valence-electron chi connectivity index (χ2n) is 5.43. The molecule has 24 heavy (non-hydrogen) atoms. The van der Waals surface area contributed by atoms with E-state index in [9.17, 15) is 4.79 Å². The van der Waals surface area contributed by atoms with Crippen molar-refractivity contribution in [3.63, 3.8) is 0 Å². The van der Waals surface area contributed by atoms with Gasteiger partial charge in [0.2, 0.25) is 5.95 Å². The Labute approximate surface area is 136 Å². The maximum atomic E-state index is 12.0. The van der Waals surface area contributed by atoms with Gasteiger partial charge in [0.25, 0.3) is 0 Å². The number of hydrogen-bond donors (Lipinski definition) is 2. The van der Waals surface area contributed by atoms with Crippen LogP contribution >= 0.6 is 0 Å². The highest BCUT2D eigenvalue weighted by atomic mass is 16.5. The predicted octanol–water partition coefficient (Wildman–Crippen LogP) is 0.437. The molecule has 0 saturated heterocycles. The minimum atomic E-state index is -0.471. The van der Waals surface area contributed by atoms with Crippen molar-refractivity contribution in [1.82, 2.24) is 30.0 Å². The van der Waals surface area contributed by atoms with E-state index in [0.29, 0.717) is 34.5 Å². The molecule has 3 heterocycles. The highest BCUT2D eigenvalue weighted by Crippen LogP contribution is 2.25. The molecule has 0 aliphatic carbocycles. The zero-order chi connectivity index (χ0) is 16.8. The normalized spacial score (nSPS) is 14.4. The van der Waals surface area contributed by atoms with Crippen molar-refractivity contribution in [1.29, 1.82) is 0 Å². The minimum Gasteiger partial charge on any atom is -0.465 e. The Morgan fingerprint density at radius 2 is 2.21 bits per heavy atom. The van der Waals surface area contributed by atoms with E-state index in [2.05, 4.69) is 20.5 Å². The van der Waals surface area contributed by atoms with E-state index in [4.69, 9.17) is 10.5 Å². The number of nitrogens with zero attached hydrogens (tertiary/aromatic N) is 5. The van der Waals surface area contributed by atoms with Crippen molar-refractivity contribution in [2.75, 3.05) is 26.4 Å². The first-order chi connectivity index (χ1) is 11.6. The summed E-state index contributed by atoms with van der Waals surface area (Å²) < 4.78 is 6.29. The van der Waals surface area contributed by atoms with Gasteiger partial charge in [-0.3, -0.25) is 0 Å². The van der Waals surface area contributed by atoms with Crippen molar-refractivity contribution >= 4 is 34.0 Å². The highest BCUT2D eigenvalue weighted by molar-refractivity contribution is 6.06. The lowest BCUT2D eigenvalue weighted by Gasteiger charge is -2.06. The number of benzene rings is 1. The molecule has 0 saturated carbocycles. The molecular formula is C15H15N7O2. The number of hydrazine groups is 1. The SMILES string of the molecule is COC(=O)c1cccc2c1nc(N)n1nc(C3=CN(C)NC3)nc21. The molecule has 4 rings (SSSR count). The fourth-order valence-corrected chi connectivity index (χ4v) is 2.73. The molecule has 3 aromatic rings. The Morgan fingerprint density at radius 3 is 2.92 bits per heavy atom. The number of carbonyl (C=O) groups excluding carboxylic acids is 1. The first kappa shape index (κ1) is 14.4. The van der Waals surface area contributed by atoms with Gasteiger partial charge in [0.05, 0.1) is 18.2 Å². The number of fused-ring (bicyclic) bond motifs is 3. The van der Waals surface area contributed by atoms with Gasteiger partial charge in [0.1, 0.15) is 0 Å². The number of esters is 1. The van der Waals surface area contributed by atoms with E-state index in [1.807, 2.05) is 24.3 Å². The topological polar surface area (TPSA) is 111 Å². The Bertz CT molecular complexity index is 1010. The van der Waals surface area contributed by atoms with Gasteiger partial charge in [-0.05, 0) is 12.1 Å². The maximum Gasteiger partial charge on any atom is 0.340 e. The van der Waals surface area contributed by atoms with E-state index >= 15 is 0 Å². The van der Waals surface area contributed by atoms with Crippen LogP contribution in [0.4, 0.5) is 5.95 Å². The van der Waals surface area contributed by atoms with Gasteiger partial charge in [-0.25, -0.2) is 20.2 Å². The number of methoxy groups -OCH3 is 1. The van der Waals surface area contributed by atoms with Gasteiger partial charge < -0.3 is 15.5 Å². The number of hydrogen-bond acceptors (Lipinski definition) is 8. The largest absolute Gasteiger partial charge is 0.465 e. The van der Waals surface area contributed by atoms with Crippen LogP contribution in [0.1, 0.15) is 16.2 Å². The smallest absolute Gasteiger partial charge is 0.340 e. The second kappa shape index (κ2) is 5.17. The molecule has 1 aliphatic rings. The molecule has 0 amide bonds. The van der Waals surface area contributed by atoms with Crippen LogP contribution in [-0.2, 0) is 4.74 Å². The molecule has 122 valence electrons. The number of nitrogens with one attached hydrogen (secondary N) is 1. The van der Waals surface area contributed by atoms with Crippen molar-refractivity contribution in [2.24, 2.45) is 0 Å². The van der Waals surface area contributed by atoms with Crippen LogP contribution in [0, 0.1) is 0 Å². The quantitative estimate of drug-likeness (QED) is 0.653. The highest BCUT2D eigenvalue weighted by Gasteiger charge is 2.20. The monoisotopic (exact) mass is 325 g/mol. The average molecular weight is 325 g/mol. The Kier molecular flexibility index (Phi) is 3.10. The zero-order valence-corrected chi connectivity index (χ0v) is 13.1. The van der Waals surface area contributed by atoms with Gasteiger partial charge in [0, 0.05) is 30.8 Å². The van der Waals surface area contributed by atoms with Crippen molar-refractivity contribution in [3.05, 3.63) is 35.8 Å². The molecular weight excluding hydrogens is 310 g/mol. The molecule has 0 bridgehead atoms. The number of nitrogen functional groups attached to an aromatic ring is 1. The summed E-state index contributed by atoms with van der Waals surface area (Å²) in [6, 6.07) is 5.23. The third-order valence-corrected chi connectivity index (χ3v) is 3.89. The van der Waals surface area contributed by atoms with E-state index in [1.54, 1.807) is 12.1 Å². The van der Waals surface area contributed by atoms with Crippen molar-refractivity contribution < 1.29 is 9.53 Å². The van der Waals surface area contributed by atoms with Gasteiger partial charge >= 0.3 is 5.97 Å². The summed E-state index contributed by atoms with van der Waals surface area (Å²) in [6.45, 7) is 0.631. The van der Waals surface area contributed by atoms with Crippen molar-refractivity contribution in [3.8, 4) is 0 Å². The van der Waals surface area contributed by atoms with E-state index in [0.717, 1.165) is 5.57 Å². The number of ether oxygens (including phenoxy) is 1. The summed E-state index contributed by atoms with van der Waals surface area (Å²) in [5.41, 5.74) is 11.4. The van der Waals surface area contributed by atoms with Gasteiger partial charge in [-0.2, -0.15) is 4.52 Å². The number of rotatable bonds is 2. The second-order valence-corrected chi connectivity index (χ2v) is 5.43. The molecule has 0 unspecified atom stereocenters. The summed E-state index contributed by atoms with van der Waals surface area (Å²) >= 11 is 0. The number of nitrogens with two attached hydrogens (primary N) is 1. The van der Waals surface area contributed by atoms with Gasteiger partial charge in [-0.1, -0.05) is 6.07 Å². The molecule has 2 aromatic heterocycles. The van der Waals surface area contributed by atoms with Crippen LogP contribution in [0.15, 0.2) is 24.4 Å². The minimum absolute atomic E-state index is 0.160. The molecule has 0 fully saturated rings. The predicted molar refractivity (Wildman–Crippen MR) is 87.8 cm³/mol. The fraction of sp³-hybridized carbons (Fsp3) is 0.200. The Balaban J connectivity index is 1.99. The number of para-hydroxylation sites is 1. The first-order valence-electron chi connectivity index (χ1n) is 7.29. The molecule has 9 heteroatoms. The molecule has 9 nitrogen and oxygen atoms in total. The number of aromatic nitrogens is 4. The molecule has 1 aromatic carbocycles. The van der Waals surface area contributed by atoms with Crippen LogP contribution in [0.2, 0.25) is 0 Å². The zero-order valence-electron chi connectivity index (χ0n) is 13.1. The Morgan fingerprint density at radius 1 is 1.38 bits per heavy atom.